The average Bonchev–Trinajstić information content (AvgIpc) is 2.89. The van der Waals surface area contributed by atoms with E-state index in [2.05, 4.69) is 5.32 Å². The standard InChI is InChI=1S/C26H25ClN2O4/c1-15-5-3-4-6-20(15)25(32)28-18-8-9-21(16(2)11-18)26(33)29-14-19(30)13-24(31)22-12-17(27)7-10-23(22)29/h3-12,19,24,30-31H,13-14H2,1-2H3,(H,28,32)/t19-,24+/m1/s1. The zero-order valence-corrected chi connectivity index (χ0v) is 19.1. The molecule has 2 amide bonds. The summed E-state index contributed by atoms with van der Waals surface area (Å²) in [5.41, 5.74) is 4.18. The molecule has 2 atom stereocenters. The lowest BCUT2D eigenvalue weighted by molar-refractivity contribution is 0.0836. The second kappa shape index (κ2) is 9.35. The van der Waals surface area contributed by atoms with Crippen molar-refractivity contribution in [2.24, 2.45) is 0 Å². The largest absolute Gasteiger partial charge is 0.391 e. The van der Waals surface area contributed by atoms with Crippen molar-refractivity contribution in [1.29, 1.82) is 0 Å². The Kier molecular flexibility index (Phi) is 6.51. The maximum Gasteiger partial charge on any atom is 0.258 e. The first-order valence-electron chi connectivity index (χ1n) is 10.7. The fourth-order valence-corrected chi connectivity index (χ4v) is 4.33. The van der Waals surface area contributed by atoms with E-state index in [9.17, 15) is 19.8 Å². The monoisotopic (exact) mass is 464 g/mol. The minimum atomic E-state index is -0.924. The summed E-state index contributed by atoms with van der Waals surface area (Å²) >= 11 is 6.10. The van der Waals surface area contributed by atoms with Crippen molar-refractivity contribution < 1.29 is 19.8 Å². The summed E-state index contributed by atoms with van der Waals surface area (Å²) in [7, 11) is 0. The molecule has 0 saturated heterocycles. The van der Waals surface area contributed by atoms with E-state index in [1.54, 1.807) is 49.4 Å². The highest BCUT2D eigenvalue weighted by atomic mass is 35.5. The Bertz CT molecular complexity index is 1230. The van der Waals surface area contributed by atoms with E-state index in [1.807, 2.05) is 25.1 Å². The number of aryl methyl sites for hydroxylation is 2. The van der Waals surface area contributed by atoms with Crippen LogP contribution in [0.5, 0.6) is 0 Å². The smallest absolute Gasteiger partial charge is 0.258 e. The van der Waals surface area contributed by atoms with Gasteiger partial charge in [-0.2, -0.15) is 0 Å². The van der Waals surface area contributed by atoms with Crippen molar-refractivity contribution in [1.82, 2.24) is 0 Å². The first-order chi connectivity index (χ1) is 15.7. The number of hydrogen-bond acceptors (Lipinski definition) is 4. The molecule has 0 bridgehead atoms. The van der Waals surface area contributed by atoms with Gasteiger partial charge in [0, 0.05) is 39.5 Å². The highest BCUT2D eigenvalue weighted by molar-refractivity contribution is 6.30. The number of carbonyl (C=O) groups is 2. The van der Waals surface area contributed by atoms with E-state index < -0.39 is 12.2 Å². The molecule has 3 aromatic rings. The van der Waals surface area contributed by atoms with E-state index in [0.717, 1.165) is 5.56 Å². The van der Waals surface area contributed by atoms with E-state index in [1.165, 1.54) is 4.90 Å². The number of aliphatic hydroxyl groups is 2. The summed E-state index contributed by atoms with van der Waals surface area (Å²) in [6, 6.07) is 17.4. The second-order valence-corrected chi connectivity index (χ2v) is 8.76. The van der Waals surface area contributed by atoms with Crippen molar-refractivity contribution in [2.45, 2.75) is 32.5 Å². The van der Waals surface area contributed by atoms with Gasteiger partial charge in [-0.15, -0.1) is 0 Å². The summed E-state index contributed by atoms with van der Waals surface area (Å²) in [6.07, 6.45) is -1.70. The van der Waals surface area contributed by atoms with Gasteiger partial charge >= 0.3 is 0 Å². The van der Waals surface area contributed by atoms with Gasteiger partial charge in [0.15, 0.2) is 0 Å². The fraction of sp³-hybridized carbons (Fsp3) is 0.231. The third-order valence-corrected chi connectivity index (χ3v) is 6.11. The van der Waals surface area contributed by atoms with Crippen LogP contribution in [-0.4, -0.2) is 34.7 Å². The van der Waals surface area contributed by atoms with Crippen LogP contribution in [0.25, 0.3) is 0 Å². The van der Waals surface area contributed by atoms with Gasteiger partial charge in [-0.1, -0.05) is 29.8 Å². The molecular formula is C26H25ClN2O4. The number of carbonyl (C=O) groups excluding carboxylic acids is 2. The fourth-order valence-electron chi connectivity index (χ4n) is 4.15. The molecule has 1 heterocycles. The number of halogens is 1. The van der Waals surface area contributed by atoms with Gasteiger partial charge in [0.1, 0.15) is 0 Å². The van der Waals surface area contributed by atoms with E-state index in [-0.39, 0.29) is 24.8 Å². The van der Waals surface area contributed by atoms with E-state index in [4.69, 9.17) is 11.6 Å². The van der Waals surface area contributed by atoms with Gasteiger partial charge in [0.05, 0.1) is 18.8 Å². The van der Waals surface area contributed by atoms with Crippen LogP contribution in [0.15, 0.2) is 60.7 Å². The van der Waals surface area contributed by atoms with Crippen LogP contribution >= 0.6 is 11.6 Å². The molecule has 170 valence electrons. The normalized spacial score (nSPS) is 17.8. The minimum absolute atomic E-state index is 0.0513. The van der Waals surface area contributed by atoms with Crippen LogP contribution in [-0.2, 0) is 0 Å². The number of β-amino-alcohol motifs (C(OH)–C–C–N with tert-alkyl or cyclic N) is 1. The Labute approximate surface area is 197 Å². The van der Waals surface area contributed by atoms with Gasteiger partial charge in [-0.3, -0.25) is 9.59 Å². The number of nitrogens with one attached hydrogen (secondary N) is 1. The quantitative estimate of drug-likeness (QED) is 0.526. The number of rotatable bonds is 3. The van der Waals surface area contributed by atoms with Crippen LogP contribution in [0.2, 0.25) is 5.02 Å². The summed E-state index contributed by atoms with van der Waals surface area (Å²) in [5.74, 6) is -0.525. The number of anilines is 2. The molecule has 0 aromatic heterocycles. The number of amides is 2. The molecule has 0 saturated carbocycles. The molecule has 3 aromatic carbocycles. The molecule has 1 aliphatic heterocycles. The highest BCUT2D eigenvalue weighted by Gasteiger charge is 2.31. The Morgan fingerprint density at radius 1 is 0.970 bits per heavy atom. The lowest BCUT2D eigenvalue weighted by atomic mass is 10.0. The Balaban J connectivity index is 1.62. The summed E-state index contributed by atoms with van der Waals surface area (Å²) < 4.78 is 0. The molecule has 3 N–H and O–H groups in total. The van der Waals surface area contributed by atoms with Crippen molar-refractivity contribution in [3.8, 4) is 0 Å². The second-order valence-electron chi connectivity index (χ2n) is 8.32. The Morgan fingerprint density at radius 3 is 2.45 bits per heavy atom. The van der Waals surface area contributed by atoms with Gasteiger partial charge < -0.3 is 20.4 Å². The predicted octanol–water partition coefficient (Wildman–Crippen LogP) is 4.65. The Morgan fingerprint density at radius 2 is 1.73 bits per heavy atom. The number of fused-ring (bicyclic) bond motifs is 1. The SMILES string of the molecule is Cc1ccccc1C(=O)Nc1ccc(C(=O)N2C[C@H](O)C[C@H](O)c3cc(Cl)ccc32)c(C)c1. The van der Waals surface area contributed by atoms with Crippen LogP contribution in [0.3, 0.4) is 0 Å². The summed E-state index contributed by atoms with van der Waals surface area (Å²) in [5, 5.41) is 24.2. The summed E-state index contributed by atoms with van der Waals surface area (Å²) in [4.78, 5) is 27.6. The third kappa shape index (κ3) is 4.78. The van der Waals surface area contributed by atoms with Crippen LogP contribution in [0.4, 0.5) is 11.4 Å². The van der Waals surface area contributed by atoms with Gasteiger partial charge in [-0.05, 0) is 67.4 Å². The van der Waals surface area contributed by atoms with Crippen molar-refractivity contribution in [3.05, 3.63) is 93.5 Å². The number of aliphatic hydroxyl groups excluding tert-OH is 2. The predicted molar refractivity (Wildman–Crippen MR) is 129 cm³/mol. The van der Waals surface area contributed by atoms with E-state index in [0.29, 0.717) is 38.7 Å². The molecule has 1 aliphatic rings. The van der Waals surface area contributed by atoms with E-state index >= 15 is 0 Å². The minimum Gasteiger partial charge on any atom is -0.391 e. The summed E-state index contributed by atoms with van der Waals surface area (Å²) in [6.45, 7) is 3.72. The molecule has 0 radical (unpaired) electrons. The maximum atomic E-state index is 13.5. The molecule has 0 spiro atoms. The van der Waals surface area contributed by atoms with Crippen LogP contribution < -0.4 is 10.2 Å². The lowest BCUT2D eigenvalue weighted by Crippen LogP contribution is -2.37. The topological polar surface area (TPSA) is 89.9 Å². The van der Waals surface area contributed by atoms with Crippen molar-refractivity contribution in [3.63, 3.8) is 0 Å². The molecule has 6 nitrogen and oxygen atoms in total. The van der Waals surface area contributed by atoms with Crippen LogP contribution in [0, 0.1) is 13.8 Å². The van der Waals surface area contributed by atoms with Gasteiger partial charge in [-0.25, -0.2) is 0 Å². The van der Waals surface area contributed by atoms with Crippen molar-refractivity contribution in [2.75, 3.05) is 16.8 Å². The van der Waals surface area contributed by atoms with Gasteiger partial charge in [0.25, 0.3) is 11.8 Å². The number of nitrogens with zero attached hydrogens (tertiary/aromatic N) is 1. The third-order valence-electron chi connectivity index (χ3n) is 5.88. The lowest BCUT2D eigenvalue weighted by Gasteiger charge is -2.25. The van der Waals surface area contributed by atoms with Crippen molar-refractivity contribution >= 4 is 34.8 Å². The van der Waals surface area contributed by atoms with Gasteiger partial charge in [0.2, 0.25) is 0 Å². The first kappa shape index (κ1) is 23.0. The molecule has 7 heteroatoms. The average molecular weight is 465 g/mol. The molecular weight excluding hydrogens is 440 g/mol. The number of benzene rings is 3. The maximum absolute atomic E-state index is 13.5. The molecule has 33 heavy (non-hydrogen) atoms. The highest BCUT2D eigenvalue weighted by Crippen LogP contribution is 2.36. The number of hydrogen-bond donors (Lipinski definition) is 3. The zero-order chi connectivity index (χ0) is 23.7. The Hall–Kier alpha value is -3.19. The molecule has 0 aliphatic carbocycles. The van der Waals surface area contributed by atoms with Crippen LogP contribution in [0.1, 0.15) is 49.9 Å². The zero-order valence-electron chi connectivity index (χ0n) is 18.4. The first-order valence-corrected chi connectivity index (χ1v) is 11.1. The molecule has 0 fully saturated rings. The molecule has 0 unspecified atom stereocenters. The molecule has 4 rings (SSSR count).